The van der Waals surface area contributed by atoms with Crippen molar-refractivity contribution in [2.24, 2.45) is 11.7 Å². The van der Waals surface area contributed by atoms with Gasteiger partial charge in [0.15, 0.2) is 6.10 Å². The van der Waals surface area contributed by atoms with E-state index in [2.05, 4.69) is 11.4 Å². The molecule has 9 nitrogen and oxygen atoms in total. The Hall–Kier alpha value is -3.07. The number of nitrogens with two attached hydrogens (primary N) is 1. The van der Waals surface area contributed by atoms with E-state index < -0.39 is 29.7 Å². The van der Waals surface area contributed by atoms with Gasteiger partial charge in [0.25, 0.3) is 11.8 Å². The Balaban J connectivity index is 1.60. The summed E-state index contributed by atoms with van der Waals surface area (Å²) in [5.74, 6) is -1.14. The van der Waals surface area contributed by atoms with Gasteiger partial charge in [-0.15, -0.1) is 0 Å². The van der Waals surface area contributed by atoms with Gasteiger partial charge in [-0.05, 0) is 69.2 Å². The lowest BCUT2D eigenvalue weighted by Gasteiger charge is -2.30. The van der Waals surface area contributed by atoms with Crippen molar-refractivity contribution in [3.05, 3.63) is 41.4 Å². The molecule has 2 heterocycles. The normalized spacial score (nSPS) is 29.6. The van der Waals surface area contributed by atoms with E-state index in [0.29, 0.717) is 49.4 Å². The van der Waals surface area contributed by atoms with E-state index in [1.165, 1.54) is 9.80 Å². The van der Waals surface area contributed by atoms with Gasteiger partial charge in [-0.3, -0.25) is 14.4 Å². The Morgan fingerprint density at radius 2 is 1.89 bits per heavy atom. The van der Waals surface area contributed by atoms with Crippen molar-refractivity contribution in [1.29, 1.82) is 0 Å². The molecule has 1 saturated heterocycles. The number of amides is 4. The minimum atomic E-state index is -1.08. The van der Waals surface area contributed by atoms with Crippen LogP contribution in [0.4, 0.5) is 10.5 Å². The highest BCUT2D eigenvalue weighted by atomic mass is 35.5. The maximum Gasteiger partial charge on any atom is 0.405 e. The molecule has 4 atom stereocenters. The average Bonchev–Trinajstić information content (AvgIpc) is 3.30. The lowest BCUT2D eigenvalue weighted by molar-refractivity contribution is -0.146. The molecule has 3 N–H and O–H groups in total. The van der Waals surface area contributed by atoms with Crippen molar-refractivity contribution in [2.75, 3.05) is 18.5 Å². The van der Waals surface area contributed by atoms with Gasteiger partial charge in [0.2, 0.25) is 5.91 Å². The molecule has 4 rings (SSSR count). The summed E-state index contributed by atoms with van der Waals surface area (Å²) < 4.78 is 5.14. The molecule has 2 fully saturated rings. The summed E-state index contributed by atoms with van der Waals surface area (Å²) in [4.78, 5) is 55.0. The van der Waals surface area contributed by atoms with Gasteiger partial charge < -0.3 is 25.6 Å². The fourth-order valence-corrected chi connectivity index (χ4v) is 5.36. The third kappa shape index (κ3) is 5.51. The molecule has 1 aromatic carbocycles. The van der Waals surface area contributed by atoms with Gasteiger partial charge in [-0.2, -0.15) is 0 Å². The minimum absolute atomic E-state index is 0.134. The Labute approximate surface area is 215 Å². The zero-order valence-corrected chi connectivity index (χ0v) is 21.2. The first-order valence-corrected chi connectivity index (χ1v) is 12.9. The van der Waals surface area contributed by atoms with E-state index >= 15 is 0 Å². The monoisotopic (exact) mass is 516 g/mol. The summed E-state index contributed by atoms with van der Waals surface area (Å²) in [7, 11) is 1.68. The molecule has 4 unspecified atom stereocenters. The number of likely N-dealkylation sites (N-methyl/N-ethyl adjacent to an activating group) is 1. The maximum absolute atomic E-state index is 13.7. The van der Waals surface area contributed by atoms with E-state index in [1.807, 2.05) is 6.08 Å². The van der Waals surface area contributed by atoms with Gasteiger partial charge in [-0.1, -0.05) is 30.2 Å². The van der Waals surface area contributed by atoms with E-state index in [4.69, 9.17) is 22.1 Å². The van der Waals surface area contributed by atoms with E-state index in [9.17, 15) is 19.2 Å². The molecule has 0 bridgehead atoms. The van der Waals surface area contributed by atoms with Crippen LogP contribution in [0.2, 0.25) is 5.02 Å². The van der Waals surface area contributed by atoms with Crippen molar-refractivity contribution in [1.82, 2.24) is 10.2 Å². The van der Waals surface area contributed by atoms with E-state index in [1.54, 1.807) is 31.3 Å². The first-order valence-electron chi connectivity index (χ1n) is 12.5. The molecule has 10 heteroatoms. The summed E-state index contributed by atoms with van der Waals surface area (Å²) >= 11 is 6.00. The highest BCUT2D eigenvalue weighted by molar-refractivity contribution is 6.30. The third-order valence-electron chi connectivity index (χ3n) is 7.34. The topological polar surface area (TPSA) is 122 Å². The van der Waals surface area contributed by atoms with Crippen LogP contribution in [0.3, 0.4) is 0 Å². The van der Waals surface area contributed by atoms with Crippen LogP contribution in [0.1, 0.15) is 51.4 Å². The Kier molecular flexibility index (Phi) is 7.88. The van der Waals surface area contributed by atoms with Crippen LogP contribution in [0.25, 0.3) is 0 Å². The third-order valence-corrected chi connectivity index (χ3v) is 7.59. The lowest BCUT2D eigenvalue weighted by atomic mass is 10.1. The SMILES string of the molecule is CN(C(=O)C12CC1/C=C/CCCCCC(OC(N)=O)C(=O)N1CCCC1C(=O)N2)c1ccc(Cl)cc1. The first-order chi connectivity index (χ1) is 17.2. The van der Waals surface area contributed by atoms with Crippen molar-refractivity contribution >= 4 is 41.1 Å². The molecular weight excluding hydrogens is 484 g/mol. The van der Waals surface area contributed by atoms with Crippen molar-refractivity contribution < 1.29 is 23.9 Å². The lowest BCUT2D eigenvalue weighted by Crippen LogP contribution is -2.57. The highest BCUT2D eigenvalue weighted by Gasteiger charge is 2.61. The molecule has 1 aromatic rings. The fraction of sp³-hybridized carbons (Fsp3) is 0.538. The molecule has 0 aromatic heterocycles. The van der Waals surface area contributed by atoms with Gasteiger partial charge >= 0.3 is 6.09 Å². The fourth-order valence-electron chi connectivity index (χ4n) is 5.24. The van der Waals surface area contributed by atoms with Crippen molar-refractivity contribution in [3.8, 4) is 0 Å². The maximum atomic E-state index is 13.7. The van der Waals surface area contributed by atoms with E-state index in [-0.39, 0.29) is 17.7 Å². The molecule has 4 amide bonds. The Morgan fingerprint density at radius 1 is 1.14 bits per heavy atom. The number of anilines is 1. The summed E-state index contributed by atoms with van der Waals surface area (Å²) in [5, 5.41) is 3.58. The number of allylic oxidation sites excluding steroid dienone is 1. The first kappa shape index (κ1) is 26.0. The molecule has 0 spiro atoms. The number of carbonyl (C=O) groups excluding carboxylic acids is 4. The average molecular weight is 517 g/mol. The predicted molar refractivity (Wildman–Crippen MR) is 135 cm³/mol. The second-order valence-corrected chi connectivity index (χ2v) is 10.2. The quantitative estimate of drug-likeness (QED) is 0.597. The number of ether oxygens (including phenoxy) is 1. The smallest absolute Gasteiger partial charge is 0.405 e. The van der Waals surface area contributed by atoms with Crippen LogP contribution < -0.4 is 16.0 Å². The molecule has 3 aliphatic rings. The molecule has 1 aliphatic carbocycles. The summed E-state index contributed by atoms with van der Waals surface area (Å²) in [6.45, 7) is 0.379. The number of nitrogens with one attached hydrogen (secondary N) is 1. The van der Waals surface area contributed by atoms with Gasteiger partial charge in [0.1, 0.15) is 11.6 Å². The second kappa shape index (κ2) is 10.9. The molecule has 2 aliphatic heterocycles. The predicted octanol–water partition coefficient (Wildman–Crippen LogP) is 3.15. The Bertz CT molecular complexity index is 1050. The van der Waals surface area contributed by atoms with Crippen LogP contribution in [-0.2, 0) is 19.1 Å². The van der Waals surface area contributed by atoms with Crippen LogP contribution >= 0.6 is 11.6 Å². The van der Waals surface area contributed by atoms with Crippen LogP contribution in [0.5, 0.6) is 0 Å². The number of benzene rings is 1. The molecule has 0 radical (unpaired) electrons. The number of nitrogens with zero attached hydrogens (tertiary/aromatic N) is 2. The summed E-state index contributed by atoms with van der Waals surface area (Å²) in [6, 6.07) is 6.20. The summed E-state index contributed by atoms with van der Waals surface area (Å²) in [6.07, 6.45) is 7.25. The standard InChI is InChI=1S/C26H33ClN4O5/c1-30(19-13-11-18(27)12-14-19)24(34)26-16-17(26)8-5-3-2-4-6-10-21(36-25(28)35)23(33)31-15-7-9-20(31)22(32)29-26/h5,8,11-14,17,20-21H,2-4,6-7,9-10,15-16H2,1H3,(H2,28,35)(H,29,32)/b8-5+. The van der Waals surface area contributed by atoms with Crippen LogP contribution in [-0.4, -0.2) is 60.0 Å². The molecular formula is C26H33ClN4O5. The Morgan fingerprint density at radius 3 is 2.61 bits per heavy atom. The highest BCUT2D eigenvalue weighted by Crippen LogP contribution is 2.47. The van der Waals surface area contributed by atoms with Crippen LogP contribution in [0, 0.1) is 5.92 Å². The number of primary amides is 1. The van der Waals surface area contributed by atoms with Crippen molar-refractivity contribution in [2.45, 2.75) is 69.1 Å². The van der Waals surface area contributed by atoms with Gasteiger partial charge in [-0.25, -0.2) is 4.79 Å². The van der Waals surface area contributed by atoms with Crippen LogP contribution in [0.15, 0.2) is 36.4 Å². The number of fused-ring (bicyclic) bond motifs is 2. The minimum Gasteiger partial charge on any atom is -0.436 e. The number of carbonyl (C=O) groups is 4. The number of hydrogen-bond donors (Lipinski definition) is 2. The second-order valence-electron chi connectivity index (χ2n) is 9.79. The molecule has 1 saturated carbocycles. The van der Waals surface area contributed by atoms with Gasteiger partial charge in [0, 0.05) is 30.2 Å². The zero-order chi connectivity index (χ0) is 25.9. The molecule has 36 heavy (non-hydrogen) atoms. The largest absolute Gasteiger partial charge is 0.436 e. The number of halogens is 1. The summed E-state index contributed by atoms with van der Waals surface area (Å²) in [5.41, 5.74) is 4.81. The van der Waals surface area contributed by atoms with Gasteiger partial charge in [0.05, 0.1) is 0 Å². The zero-order valence-electron chi connectivity index (χ0n) is 20.5. The number of rotatable bonds is 3. The molecule has 194 valence electrons. The van der Waals surface area contributed by atoms with E-state index in [0.717, 1.165) is 19.3 Å². The van der Waals surface area contributed by atoms with Crippen molar-refractivity contribution in [3.63, 3.8) is 0 Å². The number of hydrogen-bond acceptors (Lipinski definition) is 5.